The van der Waals surface area contributed by atoms with Crippen LogP contribution in [0.4, 0.5) is 0 Å². The van der Waals surface area contributed by atoms with Gasteiger partial charge < -0.3 is 14.4 Å². The molecule has 2 aromatic rings. The highest BCUT2D eigenvalue weighted by Crippen LogP contribution is 2.34. The molecule has 0 saturated heterocycles. The number of amides is 1. The van der Waals surface area contributed by atoms with Crippen molar-refractivity contribution >= 4 is 15.9 Å². The van der Waals surface area contributed by atoms with E-state index in [1.807, 2.05) is 12.1 Å². The van der Waals surface area contributed by atoms with E-state index in [4.69, 9.17) is 9.47 Å². The molecule has 2 heterocycles. The molecule has 0 atom stereocenters. The summed E-state index contributed by atoms with van der Waals surface area (Å²) in [6.45, 7) is 0.789. The first-order valence-corrected chi connectivity index (χ1v) is 11.3. The molecule has 0 unspecified atom stereocenters. The third kappa shape index (κ3) is 3.99. The van der Waals surface area contributed by atoms with Crippen molar-refractivity contribution < 1.29 is 22.7 Å². The molecule has 30 heavy (non-hydrogen) atoms. The predicted octanol–water partition coefficient (Wildman–Crippen LogP) is 1.84. The van der Waals surface area contributed by atoms with Crippen LogP contribution in [-0.2, 0) is 27.8 Å². The summed E-state index contributed by atoms with van der Waals surface area (Å²) in [5.41, 5.74) is 2.10. The fourth-order valence-corrected chi connectivity index (χ4v) is 5.34. The Bertz CT molecular complexity index is 1040. The second-order valence-corrected chi connectivity index (χ2v) is 9.40. The number of carbonyl (C=O) groups is 1. The van der Waals surface area contributed by atoms with Gasteiger partial charge in [0, 0.05) is 31.5 Å². The maximum absolute atomic E-state index is 13.1. The van der Waals surface area contributed by atoms with Gasteiger partial charge in [0.1, 0.15) is 4.90 Å². The number of hydrogen-bond donors (Lipinski definition) is 0. The number of benzene rings is 1. The van der Waals surface area contributed by atoms with Crippen molar-refractivity contribution in [2.45, 2.75) is 36.7 Å². The number of rotatable bonds is 7. The van der Waals surface area contributed by atoms with Crippen LogP contribution in [0.1, 0.15) is 24.0 Å². The molecule has 1 aromatic carbocycles. The molecule has 9 heteroatoms. The Morgan fingerprint density at radius 3 is 2.50 bits per heavy atom. The smallest absolute Gasteiger partial charge is 0.245 e. The molecule has 0 spiro atoms. The number of hydrogen-bond acceptors (Lipinski definition) is 6. The minimum absolute atomic E-state index is 0.116. The number of methoxy groups -OCH3 is 2. The van der Waals surface area contributed by atoms with Crippen LogP contribution >= 0.6 is 0 Å². The van der Waals surface area contributed by atoms with E-state index >= 15 is 0 Å². The lowest BCUT2D eigenvalue weighted by atomic mass is 9.98. The van der Waals surface area contributed by atoms with Crippen LogP contribution in [0, 0.1) is 0 Å². The van der Waals surface area contributed by atoms with Crippen molar-refractivity contribution in [1.82, 2.24) is 14.2 Å². The predicted molar refractivity (Wildman–Crippen MR) is 110 cm³/mol. The second kappa shape index (κ2) is 8.23. The molecule has 1 saturated carbocycles. The van der Waals surface area contributed by atoms with E-state index in [0.29, 0.717) is 31.0 Å². The van der Waals surface area contributed by atoms with Crippen molar-refractivity contribution in [3.63, 3.8) is 0 Å². The average Bonchev–Trinajstić information content (AvgIpc) is 3.61. The molecule has 1 amide bonds. The highest BCUT2D eigenvalue weighted by Gasteiger charge is 2.40. The Morgan fingerprint density at radius 1 is 1.20 bits per heavy atom. The number of ether oxygens (including phenoxy) is 2. The summed E-state index contributed by atoms with van der Waals surface area (Å²) in [6, 6.07) is 6.81. The first-order valence-electron chi connectivity index (χ1n) is 9.87. The van der Waals surface area contributed by atoms with Crippen molar-refractivity contribution in [2.24, 2.45) is 0 Å². The van der Waals surface area contributed by atoms with Gasteiger partial charge in [-0.05, 0) is 54.7 Å². The van der Waals surface area contributed by atoms with Gasteiger partial charge >= 0.3 is 0 Å². The first-order chi connectivity index (χ1) is 14.4. The number of carbonyl (C=O) groups excluding carboxylic acids is 1. The van der Waals surface area contributed by atoms with Crippen LogP contribution < -0.4 is 9.47 Å². The van der Waals surface area contributed by atoms with Crippen LogP contribution in [-0.4, -0.2) is 61.9 Å². The van der Waals surface area contributed by atoms with E-state index in [9.17, 15) is 13.2 Å². The summed E-state index contributed by atoms with van der Waals surface area (Å²) >= 11 is 0. The third-order valence-corrected chi connectivity index (χ3v) is 7.44. The van der Waals surface area contributed by atoms with E-state index in [2.05, 4.69) is 4.98 Å². The van der Waals surface area contributed by atoms with Crippen LogP contribution in [0.2, 0.25) is 0 Å². The van der Waals surface area contributed by atoms with Crippen LogP contribution in [0.5, 0.6) is 11.5 Å². The Kier molecular flexibility index (Phi) is 5.66. The molecule has 1 aliphatic heterocycles. The van der Waals surface area contributed by atoms with E-state index < -0.39 is 10.0 Å². The molecule has 8 nitrogen and oxygen atoms in total. The van der Waals surface area contributed by atoms with Gasteiger partial charge in [0.15, 0.2) is 11.5 Å². The third-order valence-electron chi connectivity index (χ3n) is 5.56. The molecular weight excluding hydrogens is 406 g/mol. The summed E-state index contributed by atoms with van der Waals surface area (Å²) in [5, 5.41) is 0. The number of sulfonamides is 1. The zero-order valence-corrected chi connectivity index (χ0v) is 17.9. The largest absolute Gasteiger partial charge is 0.493 e. The zero-order valence-electron chi connectivity index (χ0n) is 17.1. The summed E-state index contributed by atoms with van der Waals surface area (Å²) in [7, 11) is -0.593. The SMILES string of the molecule is COc1cc2c(cc1OC)CN(C(=O)CN(C1CC1)S(=O)(=O)c1cccnc1)CC2. The van der Waals surface area contributed by atoms with E-state index in [1.54, 1.807) is 25.2 Å². The minimum atomic E-state index is -3.76. The Morgan fingerprint density at radius 2 is 1.90 bits per heavy atom. The molecule has 0 bridgehead atoms. The van der Waals surface area contributed by atoms with Gasteiger partial charge in [0.2, 0.25) is 15.9 Å². The molecule has 2 aliphatic rings. The number of aromatic nitrogens is 1. The number of fused-ring (bicyclic) bond motifs is 1. The maximum atomic E-state index is 13.1. The van der Waals surface area contributed by atoms with Crippen molar-refractivity contribution in [3.05, 3.63) is 47.8 Å². The highest BCUT2D eigenvalue weighted by molar-refractivity contribution is 7.89. The first kappa shape index (κ1) is 20.6. The van der Waals surface area contributed by atoms with Gasteiger partial charge in [-0.1, -0.05) is 0 Å². The topological polar surface area (TPSA) is 89.0 Å². The van der Waals surface area contributed by atoms with Crippen molar-refractivity contribution in [1.29, 1.82) is 0 Å². The quantitative estimate of drug-likeness (QED) is 0.665. The van der Waals surface area contributed by atoms with Crippen LogP contribution in [0.15, 0.2) is 41.6 Å². The van der Waals surface area contributed by atoms with E-state index in [0.717, 1.165) is 24.0 Å². The molecule has 1 aliphatic carbocycles. The zero-order chi connectivity index (χ0) is 21.3. The number of pyridine rings is 1. The van der Waals surface area contributed by atoms with E-state index in [1.165, 1.54) is 22.8 Å². The molecule has 0 radical (unpaired) electrons. The molecule has 4 rings (SSSR count). The van der Waals surface area contributed by atoms with E-state index in [-0.39, 0.29) is 23.4 Å². The summed E-state index contributed by atoms with van der Waals surface area (Å²) in [6.07, 6.45) is 5.07. The maximum Gasteiger partial charge on any atom is 0.245 e. The van der Waals surface area contributed by atoms with Gasteiger partial charge in [-0.2, -0.15) is 4.31 Å². The lowest BCUT2D eigenvalue weighted by Crippen LogP contribution is -2.45. The highest BCUT2D eigenvalue weighted by atomic mass is 32.2. The van der Waals surface area contributed by atoms with Crippen LogP contribution in [0.3, 0.4) is 0 Å². The normalized spacial score (nSPS) is 16.3. The fraction of sp³-hybridized carbons (Fsp3) is 0.429. The van der Waals surface area contributed by atoms with Gasteiger partial charge in [-0.3, -0.25) is 9.78 Å². The monoisotopic (exact) mass is 431 g/mol. The Labute approximate surface area is 176 Å². The van der Waals surface area contributed by atoms with Gasteiger partial charge in [0.25, 0.3) is 0 Å². The minimum Gasteiger partial charge on any atom is -0.493 e. The molecule has 0 N–H and O–H groups in total. The fourth-order valence-electron chi connectivity index (χ4n) is 3.74. The van der Waals surface area contributed by atoms with Crippen molar-refractivity contribution in [2.75, 3.05) is 27.3 Å². The molecule has 160 valence electrons. The Hall–Kier alpha value is -2.65. The standard InChI is InChI=1S/C21H25N3O5S/c1-28-19-10-15-7-9-23(13-16(15)11-20(19)29-2)21(25)14-24(17-5-6-17)30(26,27)18-4-3-8-22-12-18/h3-4,8,10-12,17H,5-7,9,13-14H2,1-2H3. The van der Waals surface area contributed by atoms with Gasteiger partial charge in [-0.15, -0.1) is 0 Å². The average molecular weight is 432 g/mol. The second-order valence-electron chi connectivity index (χ2n) is 7.51. The summed E-state index contributed by atoms with van der Waals surface area (Å²) < 4.78 is 38.2. The molecule has 1 fully saturated rings. The van der Waals surface area contributed by atoms with Gasteiger partial charge in [0.05, 0.1) is 20.8 Å². The molecule has 1 aromatic heterocycles. The Balaban J connectivity index is 1.52. The summed E-state index contributed by atoms with van der Waals surface area (Å²) in [5.74, 6) is 1.08. The lowest BCUT2D eigenvalue weighted by molar-refractivity contribution is -0.132. The van der Waals surface area contributed by atoms with Gasteiger partial charge in [-0.25, -0.2) is 8.42 Å². The lowest BCUT2D eigenvalue weighted by Gasteiger charge is -2.31. The van der Waals surface area contributed by atoms with Crippen LogP contribution in [0.25, 0.3) is 0 Å². The molecular formula is C21H25N3O5S. The number of nitrogens with zero attached hydrogens (tertiary/aromatic N) is 3. The van der Waals surface area contributed by atoms with Crippen molar-refractivity contribution in [3.8, 4) is 11.5 Å². The summed E-state index contributed by atoms with van der Waals surface area (Å²) in [4.78, 5) is 18.8.